The minimum Gasteiger partial charge on any atom is -0.387 e. The van der Waals surface area contributed by atoms with E-state index in [1.165, 1.54) is 16.7 Å². The van der Waals surface area contributed by atoms with Gasteiger partial charge in [0.1, 0.15) is 0 Å². The van der Waals surface area contributed by atoms with Gasteiger partial charge < -0.3 is 5.32 Å². The molecular weight excluding hydrogens is 220 g/mol. The monoisotopic (exact) mass is 244 g/mol. The van der Waals surface area contributed by atoms with Crippen LogP contribution in [0.5, 0.6) is 0 Å². The summed E-state index contributed by atoms with van der Waals surface area (Å²) in [6.07, 6.45) is 9.55. The Kier molecular flexibility index (Phi) is 4.05. The lowest BCUT2D eigenvalue weighted by atomic mass is 9.79. The van der Waals surface area contributed by atoms with Crippen LogP contribution in [0.25, 0.3) is 0 Å². The zero-order valence-electron chi connectivity index (χ0n) is 11.9. The topological polar surface area (TPSA) is 24.9 Å². The molecule has 1 aromatic heterocycles. The number of fused-ring (bicyclic) bond motifs is 1. The number of hydrogen-bond acceptors (Lipinski definition) is 2. The van der Waals surface area contributed by atoms with E-state index in [0.29, 0.717) is 17.8 Å². The summed E-state index contributed by atoms with van der Waals surface area (Å²) in [5.74, 6) is 1.81. The summed E-state index contributed by atoms with van der Waals surface area (Å²) in [5, 5.41) is 3.35. The summed E-state index contributed by atoms with van der Waals surface area (Å²) in [5.41, 5.74) is 4.32. The Bertz CT molecular complexity index is 433. The zero-order valence-corrected chi connectivity index (χ0v) is 11.9. The molecule has 0 aromatic carbocycles. The molecule has 0 spiro atoms. The van der Waals surface area contributed by atoms with Crippen LogP contribution in [0.3, 0.4) is 0 Å². The molecule has 0 saturated heterocycles. The average Bonchev–Trinajstić information content (AvgIpc) is 2.28. The van der Waals surface area contributed by atoms with Crippen molar-refractivity contribution in [3.63, 3.8) is 0 Å². The highest BCUT2D eigenvalue weighted by molar-refractivity contribution is 5.38. The van der Waals surface area contributed by atoms with Crippen LogP contribution < -0.4 is 5.32 Å². The van der Waals surface area contributed by atoms with Gasteiger partial charge in [-0.1, -0.05) is 33.8 Å². The highest BCUT2D eigenvalue weighted by atomic mass is 14.8. The standard InChI is InChI=1S/C16H24N2/c1-11(2)14-6-5-7-17-8-13-9-18-10-15(12(3)4)16(13)14/h5,7,9-12,14,17H,6,8H2,1-4H3/b7-5-. The van der Waals surface area contributed by atoms with E-state index < -0.39 is 0 Å². The number of rotatable bonds is 2. The Morgan fingerprint density at radius 3 is 2.67 bits per heavy atom. The third-order valence-electron chi connectivity index (χ3n) is 3.82. The molecule has 0 bridgehead atoms. The number of hydrogen-bond donors (Lipinski definition) is 1. The van der Waals surface area contributed by atoms with Gasteiger partial charge in [0.25, 0.3) is 0 Å². The summed E-state index contributed by atoms with van der Waals surface area (Å²) in [4.78, 5) is 4.42. The lowest BCUT2D eigenvalue weighted by Gasteiger charge is -2.28. The van der Waals surface area contributed by atoms with Gasteiger partial charge in [-0.05, 0) is 47.1 Å². The largest absolute Gasteiger partial charge is 0.387 e. The van der Waals surface area contributed by atoms with Crippen molar-refractivity contribution in [2.24, 2.45) is 5.92 Å². The van der Waals surface area contributed by atoms with Crippen molar-refractivity contribution in [2.45, 2.75) is 52.5 Å². The van der Waals surface area contributed by atoms with Gasteiger partial charge >= 0.3 is 0 Å². The summed E-state index contributed by atoms with van der Waals surface area (Å²) in [6.45, 7) is 10.1. The molecule has 2 rings (SSSR count). The molecule has 2 heterocycles. The third-order valence-corrected chi connectivity index (χ3v) is 3.82. The van der Waals surface area contributed by atoms with E-state index in [1.54, 1.807) is 0 Å². The molecule has 1 aliphatic heterocycles. The maximum absolute atomic E-state index is 4.42. The minimum atomic E-state index is 0.539. The predicted molar refractivity (Wildman–Crippen MR) is 76.5 cm³/mol. The second-order valence-corrected chi connectivity index (χ2v) is 5.83. The highest BCUT2D eigenvalue weighted by Gasteiger charge is 2.23. The summed E-state index contributed by atoms with van der Waals surface area (Å²) >= 11 is 0. The van der Waals surface area contributed by atoms with Gasteiger partial charge in [0.05, 0.1) is 0 Å². The number of nitrogens with one attached hydrogen (secondary N) is 1. The second kappa shape index (κ2) is 5.55. The predicted octanol–water partition coefficient (Wildman–Crippen LogP) is 3.95. The maximum atomic E-state index is 4.42. The first-order valence-corrected chi connectivity index (χ1v) is 6.96. The Hall–Kier alpha value is -1.31. The molecule has 1 aliphatic rings. The maximum Gasteiger partial charge on any atom is 0.0413 e. The van der Waals surface area contributed by atoms with Crippen LogP contribution in [0.1, 0.15) is 62.6 Å². The fourth-order valence-electron chi connectivity index (χ4n) is 2.78. The molecule has 1 atom stereocenters. The molecule has 0 radical (unpaired) electrons. The molecule has 0 fully saturated rings. The van der Waals surface area contributed by atoms with E-state index in [2.05, 4.69) is 56.5 Å². The van der Waals surface area contributed by atoms with Crippen LogP contribution >= 0.6 is 0 Å². The van der Waals surface area contributed by atoms with Gasteiger partial charge in [0.2, 0.25) is 0 Å². The zero-order chi connectivity index (χ0) is 13.1. The molecular formula is C16H24N2. The van der Waals surface area contributed by atoms with Crippen molar-refractivity contribution in [1.29, 1.82) is 0 Å². The van der Waals surface area contributed by atoms with Crippen molar-refractivity contribution >= 4 is 0 Å². The lowest BCUT2D eigenvalue weighted by molar-refractivity contribution is 0.487. The van der Waals surface area contributed by atoms with Crippen molar-refractivity contribution < 1.29 is 0 Å². The van der Waals surface area contributed by atoms with Crippen LogP contribution in [-0.2, 0) is 6.54 Å². The first kappa shape index (κ1) is 13.1. The molecule has 2 nitrogen and oxygen atoms in total. The molecule has 0 saturated carbocycles. The van der Waals surface area contributed by atoms with Gasteiger partial charge in [-0.3, -0.25) is 4.98 Å². The first-order valence-electron chi connectivity index (χ1n) is 6.96. The molecule has 1 unspecified atom stereocenters. The summed E-state index contributed by atoms with van der Waals surface area (Å²) < 4.78 is 0. The Labute approximate surface area is 111 Å². The van der Waals surface area contributed by atoms with Gasteiger partial charge in [-0.25, -0.2) is 0 Å². The Morgan fingerprint density at radius 2 is 2.00 bits per heavy atom. The number of nitrogens with zero attached hydrogens (tertiary/aromatic N) is 1. The highest BCUT2D eigenvalue weighted by Crippen LogP contribution is 2.36. The first-order chi connectivity index (χ1) is 8.61. The molecule has 1 aromatic rings. The van der Waals surface area contributed by atoms with Crippen LogP contribution in [0.4, 0.5) is 0 Å². The molecule has 0 amide bonds. The van der Waals surface area contributed by atoms with Crippen molar-refractivity contribution in [3.8, 4) is 0 Å². The van der Waals surface area contributed by atoms with Crippen LogP contribution in [-0.4, -0.2) is 4.98 Å². The fourth-order valence-corrected chi connectivity index (χ4v) is 2.78. The minimum absolute atomic E-state index is 0.539. The van der Waals surface area contributed by atoms with Crippen LogP contribution in [0.15, 0.2) is 24.7 Å². The van der Waals surface area contributed by atoms with Crippen LogP contribution in [0, 0.1) is 5.92 Å². The molecule has 1 N–H and O–H groups in total. The Balaban J connectivity index is 2.54. The van der Waals surface area contributed by atoms with Crippen molar-refractivity contribution in [2.75, 3.05) is 0 Å². The molecule has 18 heavy (non-hydrogen) atoms. The number of aromatic nitrogens is 1. The second-order valence-electron chi connectivity index (χ2n) is 5.83. The van der Waals surface area contributed by atoms with Crippen LogP contribution in [0.2, 0.25) is 0 Å². The van der Waals surface area contributed by atoms with Gasteiger partial charge in [0.15, 0.2) is 0 Å². The SMILES string of the molecule is CC(C)c1cncc2c1C(C(C)C)C/C=C\NC2. The van der Waals surface area contributed by atoms with Gasteiger partial charge in [-0.2, -0.15) is 0 Å². The summed E-state index contributed by atoms with van der Waals surface area (Å²) in [6, 6.07) is 0. The van der Waals surface area contributed by atoms with Crippen molar-refractivity contribution in [1.82, 2.24) is 10.3 Å². The van der Waals surface area contributed by atoms with E-state index >= 15 is 0 Å². The third kappa shape index (κ3) is 2.58. The van der Waals surface area contributed by atoms with Gasteiger partial charge in [0, 0.05) is 18.9 Å². The smallest absolute Gasteiger partial charge is 0.0413 e. The quantitative estimate of drug-likeness (QED) is 0.852. The fraction of sp³-hybridized carbons (Fsp3) is 0.562. The summed E-state index contributed by atoms with van der Waals surface area (Å²) in [7, 11) is 0. The van der Waals surface area contributed by atoms with Crippen molar-refractivity contribution in [3.05, 3.63) is 41.4 Å². The lowest BCUT2D eigenvalue weighted by Crippen LogP contribution is -2.18. The molecule has 2 heteroatoms. The number of pyridine rings is 1. The van der Waals surface area contributed by atoms with E-state index in [4.69, 9.17) is 0 Å². The van der Waals surface area contributed by atoms with E-state index in [0.717, 1.165) is 13.0 Å². The van der Waals surface area contributed by atoms with E-state index in [1.807, 2.05) is 6.20 Å². The van der Waals surface area contributed by atoms with Gasteiger partial charge in [-0.15, -0.1) is 0 Å². The average molecular weight is 244 g/mol. The van der Waals surface area contributed by atoms with E-state index in [-0.39, 0.29) is 0 Å². The molecule has 98 valence electrons. The Morgan fingerprint density at radius 1 is 1.22 bits per heavy atom. The normalized spacial score (nSPS) is 21.1. The molecule has 0 aliphatic carbocycles. The number of allylic oxidation sites excluding steroid dienone is 1. The van der Waals surface area contributed by atoms with E-state index in [9.17, 15) is 0 Å².